The third-order valence-corrected chi connectivity index (χ3v) is 3.84. The average molecular weight is 370 g/mol. The lowest BCUT2D eigenvalue weighted by Crippen LogP contribution is -2.04. The quantitative estimate of drug-likeness (QED) is 0.739. The van der Waals surface area contributed by atoms with E-state index in [1.165, 1.54) is 19.2 Å². The molecule has 24 heavy (non-hydrogen) atoms. The van der Waals surface area contributed by atoms with Crippen molar-refractivity contribution in [2.45, 2.75) is 13.5 Å². The number of halogens is 2. The number of aromatic carboxylic acids is 1. The molecule has 2 aromatic carbocycles. The number of nitrogens with one attached hydrogen (secondary N) is 1. The molecule has 0 aromatic heterocycles. The highest BCUT2D eigenvalue weighted by Crippen LogP contribution is 2.35. The van der Waals surface area contributed by atoms with Gasteiger partial charge in [0.05, 0.1) is 35.0 Å². The number of ether oxygens (including phenoxy) is 2. The monoisotopic (exact) mass is 369 g/mol. The number of methoxy groups -OCH3 is 1. The molecule has 0 unspecified atom stereocenters. The minimum absolute atomic E-state index is 0.168. The zero-order valence-electron chi connectivity index (χ0n) is 13.2. The molecule has 0 aliphatic heterocycles. The Morgan fingerprint density at radius 1 is 1.21 bits per heavy atom. The lowest BCUT2D eigenvalue weighted by Gasteiger charge is -2.14. The van der Waals surface area contributed by atoms with Gasteiger partial charge in [-0.05, 0) is 42.8 Å². The van der Waals surface area contributed by atoms with Gasteiger partial charge in [0.25, 0.3) is 0 Å². The van der Waals surface area contributed by atoms with Crippen molar-refractivity contribution >= 4 is 34.9 Å². The smallest absolute Gasteiger partial charge is 0.335 e. The highest BCUT2D eigenvalue weighted by atomic mass is 35.5. The van der Waals surface area contributed by atoms with Gasteiger partial charge in [-0.15, -0.1) is 0 Å². The Morgan fingerprint density at radius 3 is 2.42 bits per heavy atom. The second kappa shape index (κ2) is 8.13. The fourth-order valence-electron chi connectivity index (χ4n) is 2.17. The molecule has 0 saturated heterocycles. The summed E-state index contributed by atoms with van der Waals surface area (Å²) in [6, 6.07) is 8.09. The molecule has 0 aliphatic rings. The first-order chi connectivity index (χ1) is 11.5. The zero-order chi connectivity index (χ0) is 17.7. The number of carbonyl (C=O) groups is 1. The van der Waals surface area contributed by atoms with Crippen molar-refractivity contribution in [3.63, 3.8) is 0 Å². The summed E-state index contributed by atoms with van der Waals surface area (Å²) in [4.78, 5) is 11.1. The lowest BCUT2D eigenvalue weighted by atomic mass is 10.1. The van der Waals surface area contributed by atoms with Crippen molar-refractivity contribution in [3.8, 4) is 11.5 Å². The van der Waals surface area contributed by atoms with Gasteiger partial charge in [-0.3, -0.25) is 0 Å². The van der Waals surface area contributed by atoms with Crippen LogP contribution in [0.4, 0.5) is 5.69 Å². The number of hydrogen-bond acceptors (Lipinski definition) is 4. The second-order valence-electron chi connectivity index (χ2n) is 4.90. The van der Waals surface area contributed by atoms with Crippen molar-refractivity contribution in [1.82, 2.24) is 0 Å². The van der Waals surface area contributed by atoms with Crippen molar-refractivity contribution < 1.29 is 19.4 Å². The summed E-state index contributed by atoms with van der Waals surface area (Å²) < 4.78 is 10.6. The summed E-state index contributed by atoms with van der Waals surface area (Å²) in [5.41, 5.74) is 1.57. The molecule has 0 amide bonds. The Balaban J connectivity index is 2.21. The molecule has 5 nitrogen and oxygen atoms in total. The average Bonchev–Trinajstić information content (AvgIpc) is 2.55. The summed E-state index contributed by atoms with van der Waals surface area (Å²) in [5, 5.41) is 13.1. The van der Waals surface area contributed by atoms with Crippen molar-refractivity contribution in [1.29, 1.82) is 0 Å². The largest absolute Gasteiger partial charge is 0.495 e. The van der Waals surface area contributed by atoms with E-state index in [1.807, 2.05) is 6.92 Å². The van der Waals surface area contributed by atoms with Gasteiger partial charge in [-0.25, -0.2) is 4.79 Å². The SMILES string of the molecule is CCOc1c(Cl)cc(CNc2cc(C(=O)O)ccc2OC)cc1Cl. The Hall–Kier alpha value is -2.11. The van der Waals surface area contributed by atoms with Gasteiger partial charge in [0.1, 0.15) is 5.75 Å². The van der Waals surface area contributed by atoms with Crippen LogP contribution >= 0.6 is 23.2 Å². The molecule has 2 N–H and O–H groups in total. The Bertz CT molecular complexity index is 726. The molecule has 2 aromatic rings. The topological polar surface area (TPSA) is 67.8 Å². The van der Waals surface area contributed by atoms with Crippen LogP contribution in [0, 0.1) is 0 Å². The van der Waals surface area contributed by atoms with E-state index in [1.54, 1.807) is 18.2 Å². The zero-order valence-corrected chi connectivity index (χ0v) is 14.7. The fourth-order valence-corrected chi connectivity index (χ4v) is 2.81. The second-order valence-corrected chi connectivity index (χ2v) is 5.71. The van der Waals surface area contributed by atoms with E-state index in [4.69, 9.17) is 37.8 Å². The fraction of sp³-hybridized carbons (Fsp3) is 0.235. The molecule has 0 radical (unpaired) electrons. The summed E-state index contributed by atoms with van der Waals surface area (Å²) in [6.07, 6.45) is 0. The molecule has 7 heteroatoms. The van der Waals surface area contributed by atoms with Crippen LogP contribution in [0.5, 0.6) is 11.5 Å². The summed E-state index contributed by atoms with van der Waals surface area (Å²) in [6.45, 7) is 2.71. The van der Waals surface area contributed by atoms with E-state index in [9.17, 15) is 4.79 Å². The number of carboxylic acids is 1. The predicted molar refractivity (Wildman–Crippen MR) is 94.9 cm³/mol. The molecule has 0 atom stereocenters. The van der Waals surface area contributed by atoms with Gasteiger partial charge >= 0.3 is 5.97 Å². The Labute approximate surface area is 150 Å². The van der Waals surface area contributed by atoms with E-state index >= 15 is 0 Å². The number of anilines is 1. The Morgan fingerprint density at radius 2 is 1.88 bits per heavy atom. The molecule has 0 saturated carbocycles. The van der Waals surface area contributed by atoms with Crippen LogP contribution in [0.2, 0.25) is 10.0 Å². The van der Waals surface area contributed by atoms with Gasteiger partial charge in [0.15, 0.2) is 5.75 Å². The lowest BCUT2D eigenvalue weighted by molar-refractivity contribution is 0.0697. The van der Waals surface area contributed by atoms with Crippen LogP contribution in [0.25, 0.3) is 0 Å². The predicted octanol–water partition coefficient (Wildman–Crippen LogP) is 4.71. The third-order valence-electron chi connectivity index (χ3n) is 3.28. The van der Waals surface area contributed by atoms with Gasteiger partial charge in [0, 0.05) is 6.54 Å². The first-order valence-corrected chi connectivity index (χ1v) is 7.97. The van der Waals surface area contributed by atoms with Crippen LogP contribution in [-0.4, -0.2) is 24.8 Å². The minimum atomic E-state index is -1.01. The first-order valence-electron chi connectivity index (χ1n) is 7.22. The summed E-state index contributed by atoms with van der Waals surface area (Å²) in [7, 11) is 1.52. The highest BCUT2D eigenvalue weighted by Gasteiger charge is 2.11. The molecule has 128 valence electrons. The first kappa shape index (κ1) is 18.2. The number of benzene rings is 2. The van der Waals surface area contributed by atoms with Crippen LogP contribution in [0.1, 0.15) is 22.8 Å². The molecule has 0 aliphatic carbocycles. The third kappa shape index (κ3) is 4.24. The maximum absolute atomic E-state index is 11.1. The van der Waals surface area contributed by atoms with Crippen molar-refractivity contribution in [2.75, 3.05) is 19.0 Å². The minimum Gasteiger partial charge on any atom is -0.495 e. The molecule has 2 rings (SSSR count). The van der Waals surface area contributed by atoms with E-state index in [0.29, 0.717) is 40.4 Å². The normalized spacial score (nSPS) is 10.3. The molecular weight excluding hydrogens is 353 g/mol. The standard InChI is InChI=1S/C17H17Cl2NO4/c1-3-24-16-12(18)6-10(7-13(16)19)9-20-14-8-11(17(21)22)4-5-15(14)23-2/h4-8,20H,3,9H2,1-2H3,(H,21,22). The van der Waals surface area contributed by atoms with Crippen LogP contribution < -0.4 is 14.8 Å². The number of carboxylic acid groups (broad SMARTS) is 1. The number of rotatable bonds is 7. The molecular formula is C17H17Cl2NO4. The Kier molecular flexibility index (Phi) is 6.17. The van der Waals surface area contributed by atoms with E-state index < -0.39 is 5.97 Å². The number of hydrogen-bond donors (Lipinski definition) is 2. The van der Waals surface area contributed by atoms with Gasteiger partial charge in [0.2, 0.25) is 0 Å². The maximum Gasteiger partial charge on any atom is 0.335 e. The molecule has 0 heterocycles. The van der Waals surface area contributed by atoms with Gasteiger partial charge in [-0.1, -0.05) is 23.2 Å². The molecule has 0 spiro atoms. The van der Waals surface area contributed by atoms with E-state index in [2.05, 4.69) is 5.32 Å². The van der Waals surface area contributed by atoms with E-state index in [0.717, 1.165) is 5.56 Å². The summed E-state index contributed by atoms with van der Waals surface area (Å²) >= 11 is 12.4. The van der Waals surface area contributed by atoms with E-state index in [-0.39, 0.29) is 5.56 Å². The molecule has 0 fully saturated rings. The van der Waals surface area contributed by atoms with Crippen molar-refractivity contribution in [2.24, 2.45) is 0 Å². The van der Waals surface area contributed by atoms with Crippen LogP contribution in [0.3, 0.4) is 0 Å². The van der Waals surface area contributed by atoms with Gasteiger partial charge < -0.3 is 19.9 Å². The van der Waals surface area contributed by atoms with Gasteiger partial charge in [-0.2, -0.15) is 0 Å². The maximum atomic E-state index is 11.1. The van der Waals surface area contributed by atoms with Crippen molar-refractivity contribution in [3.05, 3.63) is 51.5 Å². The summed E-state index contributed by atoms with van der Waals surface area (Å²) in [5.74, 6) is -0.00831. The molecule has 0 bridgehead atoms. The van der Waals surface area contributed by atoms with Crippen LogP contribution in [0.15, 0.2) is 30.3 Å². The van der Waals surface area contributed by atoms with Crippen LogP contribution in [-0.2, 0) is 6.54 Å². The highest BCUT2D eigenvalue weighted by molar-refractivity contribution is 6.37.